The van der Waals surface area contributed by atoms with Gasteiger partial charge in [0.25, 0.3) is 11.7 Å². The zero-order valence-corrected chi connectivity index (χ0v) is 20.7. The topological polar surface area (TPSA) is 83.0 Å². The largest absolute Gasteiger partial charge is 0.507 e. The molecule has 1 saturated heterocycles. The molecule has 0 spiro atoms. The van der Waals surface area contributed by atoms with E-state index < -0.39 is 17.7 Å². The molecule has 0 saturated carbocycles. The van der Waals surface area contributed by atoms with E-state index in [2.05, 4.69) is 37.6 Å². The van der Waals surface area contributed by atoms with Crippen molar-refractivity contribution in [2.75, 3.05) is 32.8 Å². The molecule has 7 nitrogen and oxygen atoms in total. The first-order valence-electron chi connectivity index (χ1n) is 11.9. The highest BCUT2D eigenvalue weighted by Crippen LogP contribution is 2.39. The van der Waals surface area contributed by atoms with Crippen molar-refractivity contribution in [3.63, 3.8) is 0 Å². The molecule has 2 heterocycles. The lowest BCUT2D eigenvalue weighted by molar-refractivity contribution is -0.140. The van der Waals surface area contributed by atoms with Gasteiger partial charge in [0.1, 0.15) is 11.5 Å². The summed E-state index contributed by atoms with van der Waals surface area (Å²) in [6.45, 7) is 13.5. The first-order chi connectivity index (χ1) is 16.3. The van der Waals surface area contributed by atoms with Gasteiger partial charge in [0, 0.05) is 31.0 Å². The van der Waals surface area contributed by atoms with E-state index in [-0.39, 0.29) is 11.3 Å². The molecular weight excluding hydrogens is 430 g/mol. The van der Waals surface area contributed by atoms with Crippen LogP contribution >= 0.6 is 0 Å². The molecule has 1 aromatic heterocycles. The number of ketones is 1. The summed E-state index contributed by atoms with van der Waals surface area (Å²) >= 11 is 0. The maximum Gasteiger partial charge on any atom is 0.295 e. The van der Waals surface area contributed by atoms with Crippen LogP contribution in [0.4, 0.5) is 0 Å². The Hall–Kier alpha value is -3.19. The minimum absolute atomic E-state index is 0.0906. The third-order valence-electron chi connectivity index (χ3n) is 6.11. The number of aliphatic hydroxyl groups is 1. The Morgan fingerprint density at radius 3 is 2.53 bits per heavy atom. The molecule has 3 rings (SSSR count). The molecule has 1 amide bonds. The van der Waals surface area contributed by atoms with Gasteiger partial charge in [0.2, 0.25) is 0 Å². The van der Waals surface area contributed by atoms with Crippen LogP contribution < -0.4 is 4.74 Å². The van der Waals surface area contributed by atoms with Crippen LogP contribution in [-0.2, 0) is 9.59 Å². The maximum atomic E-state index is 13.2. The van der Waals surface area contributed by atoms with Crippen LogP contribution in [0.25, 0.3) is 5.76 Å². The third kappa shape index (κ3) is 5.47. The summed E-state index contributed by atoms with van der Waals surface area (Å²) in [6, 6.07) is 8.21. The first kappa shape index (κ1) is 25.4. The number of aryl methyl sites for hydroxylation is 1. The number of rotatable bonds is 10. The summed E-state index contributed by atoms with van der Waals surface area (Å²) in [4.78, 5) is 34.2. The molecule has 1 fully saturated rings. The Labute approximate surface area is 202 Å². The Bertz CT molecular complexity index is 1050. The Morgan fingerprint density at radius 2 is 1.94 bits per heavy atom. The molecule has 34 heavy (non-hydrogen) atoms. The zero-order valence-electron chi connectivity index (χ0n) is 20.7. The molecule has 1 aromatic carbocycles. The van der Waals surface area contributed by atoms with E-state index in [9.17, 15) is 14.7 Å². The van der Waals surface area contributed by atoms with Gasteiger partial charge in [-0.2, -0.15) is 0 Å². The first-order valence-corrected chi connectivity index (χ1v) is 11.9. The average Bonchev–Trinajstić information content (AvgIpc) is 3.08. The predicted molar refractivity (Wildman–Crippen MR) is 133 cm³/mol. The van der Waals surface area contributed by atoms with Crippen molar-refractivity contribution >= 4 is 17.4 Å². The monoisotopic (exact) mass is 465 g/mol. The Kier molecular flexibility index (Phi) is 8.45. The van der Waals surface area contributed by atoms with Crippen LogP contribution in [0.5, 0.6) is 5.75 Å². The molecular formula is C27H35N3O4. The lowest BCUT2D eigenvalue weighted by Crippen LogP contribution is -2.38. The van der Waals surface area contributed by atoms with E-state index in [0.29, 0.717) is 36.7 Å². The summed E-state index contributed by atoms with van der Waals surface area (Å²) in [6.07, 6.45) is 3.28. The smallest absolute Gasteiger partial charge is 0.295 e. The Morgan fingerprint density at radius 1 is 1.21 bits per heavy atom. The van der Waals surface area contributed by atoms with E-state index >= 15 is 0 Å². The van der Waals surface area contributed by atoms with E-state index in [0.717, 1.165) is 24.4 Å². The molecule has 0 radical (unpaired) electrons. The molecule has 7 heteroatoms. The van der Waals surface area contributed by atoms with Crippen molar-refractivity contribution in [3.8, 4) is 5.75 Å². The van der Waals surface area contributed by atoms with Crippen LogP contribution in [-0.4, -0.2) is 64.4 Å². The SMILES string of the molecule is CCN(CC)CCN1C(=O)C(=O)C(=C(O)c2ccc(OCC(C)C)c(C)c2)[C@H]1c1cccnc1. The minimum Gasteiger partial charge on any atom is -0.507 e. The molecule has 182 valence electrons. The number of likely N-dealkylation sites (N-methyl/N-ethyl adjacent to an activating group) is 1. The summed E-state index contributed by atoms with van der Waals surface area (Å²) < 4.78 is 5.84. The predicted octanol–water partition coefficient (Wildman–Crippen LogP) is 4.19. The van der Waals surface area contributed by atoms with Gasteiger partial charge in [0.05, 0.1) is 18.2 Å². The Balaban J connectivity index is 2.02. The minimum atomic E-state index is -0.693. The summed E-state index contributed by atoms with van der Waals surface area (Å²) in [5.41, 5.74) is 2.10. The van der Waals surface area contributed by atoms with Gasteiger partial charge in [-0.25, -0.2) is 0 Å². The quantitative estimate of drug-likeness (QED) is 0.322. The van der Waals surface area contributed by atoms with Crippen LogP contribution in [0.1, 0.15) is 50.4 Å². The molecule has 1 aliphatic heterocycles. The van der Waals surface area contributed by atoms with Gasteiger partial charge in [-0.3, -0.25) is 14.6 Å². The number of ether oxygens (including phenoxy) is 1. The van der Waals surface area contributed by atoms with E-state index in [1.807, 2.05) is 13.0 Å². The number of aliphatic hydroxyl groups excluding tert-OH is 1. The molecule has 1 atom stereocenters. The number of nitrogens with zero attached hydrogens (tertiary/aromatic N) is 3. The lowest BCUT2D eigenvalue weighted by atomic mass is 9.95. The van der Waals surface area contributed by atoms with Crippen molar-refractivity contribution in [1.29, 1.82) is 0 Å². The van der Waals surface area contributed by atoms with E-state index in [4.69, 9.17) is 4.74 Å². The second kappa shape index (κ2) is 11.3. The second-order valence-corrected chi connectivity index (χ2v) is 8.99. The van der Waals surface area contributed by atoms with Gasteiger partial charge in [-0.1, -0.05) is 33.8 Å². The van der Waals surface area contributed by atoms with E-state index in [1.54, 1.807) is 41.6 Å². The fourth-order valence-electron chi connectivity index (χ4n) is 4.15. The molecule has 2 aromatic rings. The molecule has 1 aliphatic rings. The van der Waals surface area contributed by atoms with Gasteiger partial charge in [-0.15, -0.1) is 0 Å². The fourth-order valence-corrected chi connectivity index (χ4v) is 4.15. The fraction of sp³-hybridized carbons (Fsp3) is 0.444. The highest BCUT2D eigenvalue weighted by atomic mass is 16.5. The number of carbonyl (C=O) groups is 2. The van der Waals surface area contributed by atoms with Gasteiger partial charge in [0.15, 0.2) is 0 Å². The number of carbonyl (C=O) groups excluding carboxylic acids is 2. The highest BCUT2D eigenvalue weighted by Gasteiger charge is 2.46. The summed E-state index contributed by atoms with van der Waals surface area (Å²) in [5, 5.41) is 11.3. The number of benzene rings is 1. The normalized spacial score (nSPS) is 17.7. The molecule has 1 N–H and O–H groups in total. The number of hydrogen-bond acceptors (Lipinski definition) is 6. The van der Waals surface area contributed by atoms with Crippen molar-refractivity contribution in [2.24, 2.45) is 5.92 Å². The van der Waals surface area contributed by atoms with Crippen LogP contribution in [0.2, 0.25) is 0 Å². The van der Waals surface area contributed by atoms with Gasteiger partial charge in [-0.05, 0) is 61.3 Å². The van der Waals surface area contributed by atoms with Crippen molar-refractivity contribution in [1.82, 2.24) is 14.8 Å². The number of Topliss-reactive ketones (excluding diaryl/α,β-unsaturated/α-hetero) is 1. The van der Waals surface area contributed by atoms with E-state index in [1.165, 1.54) is 0 Å². The maximum absolute atomic E-state index is 13.2. The summed E-state index contributed by atoms with van der Waals surface area (Å²) in [5.74, 6) is -0.344. The number of hydrogen-bond donors (Lipinski definition) is 1. The van der Waals surface area contributed by atoms with Gasteiger partial charge >= 0.3 is 0 Å². The zero-order chi connectivity index (χ0) is 24.8. The second-order valence-electron chi connectivity index (χ2n) is 8.99. The molecule has 0 unspecified atom stereocenters. The average molecular weight is 466 g/mol. The molecule has 0 aliphatic carbocycles. The number of amides is 1. The van der Waals surface area contributed by atoms with Crippen molar-refractivity contribution in [3.05, 3.63) is 65.0 Å². The summed E-state index contributed by atoms with van der Waals surface area (Å²) in [7, 11) is 0. The van der Waals surface area contributed by atoms with Crippen LogP contribution in [0, 0.1) is 12.8 Å². The number of pyridine rings is 1. The van der Waals surface area contributed by atoms with Crippen molar-refractivity contribution < 1.29 is 19.4 Å². The number of likely N-dealkylation sites (tertiary alicyclic amines) is 1. The van der Waals surface area contributed by atoms with Gasteiger partial charge < -0.3 is 19.6 Å². The molecule has 0 bridgehead atoms. The standard InChI is InChI=1S/C27H35N3O4/c1-6-29(7-2)13-14-30-24(21-9-8-12-28-16-21)23(26(32)27(30)33)25(31)20-10-11-22(19(5)15-20)34-17-18(3)4/h8-12,15-16,18,24,31H,6-7,13-14,17H2,1-5H3/t24-/m1/s1. The lowest BCUT2D eigenvalue weighted by Gasteiger charge is -2.28. The number of aromatic nitrogens is 1. The van der Waals surface area contributed by atoms with Crippen LogP contribution in [0.3, 0.4) is 0 Å². The third-order valence-corrected chi connectivity index (χ3v) is 6.11. The highest BCUT2D eigenvalue weighted by molar-refractivity contribution is 6.46. The van der Waals surface area contributed by atoms with Crippen molar-refractivity contribution in [2.45, 2.75) is 40.7 Å². The van der Waals surface area contributed by atoms with Crippen LogP contribution in [0.15, 0.2) is 48.3 Å².